The molecule has 0 amide bonds. The number of ether oxygens (including phenoxy) is 5. The molecule has 4 rings (SSSR count). The zero-order chi connectivity index (χ0) is 26.8. The Balaban J connectivity index is 1.35. The van der Waals surface area contributed by atoms with Crippen molar-refractivity contribution in [3.8, 4) is 11.5 Å². The van der Waals surface area contributed by atoms with Crippen LogP contribution >= 0.6 is 12.2 Å². The Morgan fingerprint density at radius 2 is 1.78 bits per heavy atom. The predicted molar refractivity (Wildman–Crippen MR) is 146 cm³/mol. The standard InChI is InChI=1S/C30H36O6S/c1-19-7-11-24(12-8-19)34-28(37)35-27-25-16-26(31)36-30(25,29(27,4)5)21(3)15-20(2)17-33-18-22-9-13-23(32-6)14-10-22/h7-14,20,25,27H,3,15-18H2,1-2,4-6H3/t20-,25-,27+,30-/m0/s1. The van der Waals surface area contributed by atoms with Gasteiger partial charge in [-0.3, -0.25) is 4.79 Å². The van der Waals surface area contributed by atoms with Crippen LogP contribution in [0.25, 0.3) is 0 Å². The van der Waals surface area contributed by atoms with Crippen molar-refractivity contribution >= 4 is 23.4 Å². The molecule has 7 heteroatoms. The lowest BCUT2D eigenvalue weighted by Gasteiger charge is -2.61. The summed E-state index contributed by atoms with van der Waals surface area (Å²) in [5.41, 5.74) is 1.78. The summed E-state index contributed by atoms with van der Waals surface area (Å²) in [6.45, 7) is 13.7. The molecule has 1 aliphatic carbocycles. The molecule has 0 radical (unpaired) electrons. The molecule has 2 aliphatic rings. The van der Waals surface area contributed by atoms with Gasteiger partial charge in [0.15, 0.2) is 0 Å². The Bertz CT molecular complexity index is 1140. The van der Waals surface area contributed by atoms with E-state index in [-0.39, 0.29) is 35.6 Å². The van der Waals surface area contributed by atoms with E-state index in [4.69, 9.17) is 35.9 Å². The van der Waals surface area contributed by atoms with Gasteiger partial charge < -0.3 is 23.7 Å². The number of aryl methyl sites for hydroxylation is 1. The topological polar surface area (TPSA) is 63.2 Å². The van der Waals surface area contributed by atoms with Gasteiger partial charge >= 0.3 is 11.2 Å². The lowest BCUT2D eigenvalue weighted by Crippen LogP contribution is -2.71. The predicted octanol–water partition coefficient (Wildman–Crippen LogP) is 6.19. The fourth-order valence-corrected chi connectivity index (χ4v) is 5.95. The summed E-state index contributed by atoms with van der Waals surface area (Å²) in [4.78, 5) is 12.5. The second kappa shape index (κ2) is 10.8. The first-order valence-corrected chi connectivity index (χ1v) is 13.0. The minimum atomic E-state index is -0.793. The van der Waals surface area contributed by atoms with E-state index in [1.807, 2.05) is 69.3 Å². The molecule has 1 saturated heterocycles. The van der Waals surface area contributed by atoms with Crippen molar-refractivity contribution in [3.63, 3.8) is 0 Å². The van der Waals surface area contributed by atoms with Crippen LogP contribution in [0.4, 0.5) is 0 Å². The molecule has 1 heterocycles. The number of hydrogen-bond acceptors (Lipinski definition) is 7. The van der Waals surface area contributed by atoms with E-state index in [0.29, 0.717) is 25.4 Å². The van der Waals surface area contributed by atoms with Gasteiger partial charge in [0.25, 0.3) is 0 Å². The molecular formula is C30H36O6S. The number of methoxy groups -OCH3 is 1. The molecular weight excluding hydrogens is 488 g/mol. The number of thiocarbonyl (C=S) groups is 1. The SMILES string of the molecule is C=C(C[C@H](C)COCc1ccc(OC)cc1)[C@]12OC(=O)C[C@H]1[C@@H](OC(=S)Oc1ccc(C)cc1)C2(C)C. The molecule has 0 N–H and O–H groups in total. The number of fused-ring (bicyclic) bond motifs is 1. The fraction of sp³-hybridized carbons (Fsp3) is 0.467. The third kappa shape index (κ3) is 5.39. The van der Waals surface area contributed by atoms with Crippen LogP contribution in [-0.4, -0.2) is 36.6 Å². The maximum Gasteiger partial charge on any atom is 0.358 e. The maximum atomic E-state index is 12.5. The zero-order valence-corrected chi connectivity index (χ0v) is 23.1. The van der Waals surface area contributed by atoms with Gasteiger partial charge in [-0.1, -0.05) is 57.2 Å². The van der Waals surface area contributed by atoms with Crippen LogP contribution in [0.2, 0.25) is 0 Å². The minimum absolute atomic E-state index is 0.0424. The van der Waals surface area contributed by atoms with E-state index in [9.17, 15) is 4.79 Å². The minimum Gasteiger partial charge on any atom is -0.497 e. The Labute approximate surface area is 224 Å². The molecule has 2 aromatic carbocycles. The number of rotatable bonds is 10. The molecule has 0 aromatic heterocycles. The molecule has 198 valence electrons. The van der Waals surface area contributed by atoms with E-state index in [0.717, 1.165) is 22.4 Å². The van der Waals surface area contributed by atoms with E-state index >= 15 is 0 Å². The van der Waals surface area contributed by atoms with Crippen LogP contribution in [0.5, 0.6) is 11.5 Å². The van der Waals surface area contributed by atoms with Gasteiger partial charge in [0, 0.05) is 24.2 Å². The van der Waals surface area contributed by atoms with Gasteiger partial charge in [0.2, 0.25) is 0 Å². The summed E-state index contributed by atoms with van der Waals surface area (Å²) in [6.07, 6.45) is 0.616. The van der Waals surface area contributed by atoms with Crippen LogP contribution in [0.3, 0.4) is 0 Å². The Kier molecular flexibility index (Phi) is 7.95. The molecule has 37 heavy (non-hydrogen) atoms. The highest BCUT2D eigenvalue weighted by Gasteiger charge is 2.76. The van der Waals surface area contributed by atoms with Gasteiger partial charge in [-0.2, -0.15) is 0 Å². The van der Waals surface area contributed by atoms with Crippen molar-refractivity contribution < 1.29 is 28.5 Å². The van der Waals surface area contributed by atoms with Crippen LogP contribution in [-0.2, 0) is 25.6 Å². The molecule has 2 aromatic rings. The van der Waals surface area contributed by atoms with Gasteiger partial charge in [0.1, 0.15) is 23.2 Å². The Hall–Kier alpha value is -2.90. The second-order valence-corrected chi connectivity index (χ2v) is 11.1. The highest BCUT2D eigenvalue weighted by atomic mass is 32.1. The summed E-state index contributed by atoms with van der Waals surface area (Å²) in [6, 6.07) is 15.4. The van der Waals surface area contributed by atoms with Gasteiger partial charge in [-0.05, 0) is 54.7 Å². The van der Waals surface area contributed by atoms with E-state index in [1.54, 1.807) is 7.11 Å². The van der Waals surface area contributed by atoms with Crippen molar-refractivity contribution in [1.29, 1.82) is 0 Å². The van der Waals surface area contributed by atoms with Crippen LogP contribution in [0.1, 0.15) is 44.7 Å². The van der Waals surface area contributed by atoms with Crippen molar-refractivity contribution in [1.82, 2.24) is 0 Å². The normalized spacial score (nSPS) is 24.3. The number of benzene rings is 2. The van der Waals surface area contributed by atoms with E-state index in [2.05, 4.69) is 13.5 Å². The molecule has 6 nitrogen and oxygen atoms in total. The smallest absolute Gasteiger partial charge is 0.358 e. The maximum absolute atomic E-state index is 12.5. The van der Waals surface area contributed by atoms with Crippen LogP contribution < -0.4 is 9.47 Å². The number of esters is 1. The Morgan fingerprint density at radius 3 is 2.43 bits per heavy atom. The van der Waals surface area contributed by atoms with Crippen molar-refractivity contribution in [2.75, 3.05) is 13.7 Å². The van der Waals surface area contributed by atoms with Crippen molar-refractivity contribution in [2.24, 2.45) is 17.3 Å². The van der Waals surface area contributed by atoms with Gasteiger partial charge in [0.05, 0.1) is 26.1 Å². The quantitative estimate of drug-likeness (QED) is 0.208. The fourth-order valence-electron chi connectivity index (χ4n) is 5.75. The van der Waals surface area contributed by atoms with Gasteiger partial charge in [-0.25, -0.2) is 0 Å². The van der Waals surface area contributed by atoms with E-state index < -0.39 is 11.0 Å². The molecule has 1 saturated carbocycles. The lowest BCUT2D eigenvalue weighted by molar-refractivity contribution is -0.232. The third-order valence-electron chi connectivity index (χ3n) is 7.61. The number of carbonyl (C=O) groups excluding carboxylic acids is 1. The number of hydrogen-bond donors (Lipinski definition) is 0. The van der Waals surface area contributed by atoms with E-state index in [1.165, 1.54) is 0 Å². The molecule has 1 aliphatic heterocycles. The lowest BCUT2D eigenvalue weighted by atomic mass is 9.47. The summed E-state index contributed by atoms with van der Waals surface area (Å²) in [5.74, 6) is 1.22. The average molecular weight is 525 g/mol. The summed E-state index contributed by atoms with van der Waals surface area (Å²) in [7, 11) is 1.65. The molecule has 0 unspecified atom stereocenters. The average Bonchev–Trinajstić information content (AvgIpc) is 3.20. The second-order valence-electron chi connectivity index (χ2n) is 10.7. The first-order valence-electron chi connectivity index (χ1n) is 12.6. The first-order chi connectivity index (χ1) is 17.6. The summed E-state index contributed by atoms with van der Waals surface area (Å²) < 4.78 is 29.0. The first kappa shape index (κ1) is 27.1. The zero-order valence-electron chi connectivity index (χ0n) is 22.2. The molecule has 0 spiro atoms. The number of carbonyl (C=O) groups is 1. The highest BCUT2D eigenvalue weighted by Crippen LogP contribution is 2.65. The molecule has 4 atom stereocenters. The molecule has 2 fully saturated rings. The van der Waals surface area contributed by atoms with Crippen LogP contribution in [0.15, 0.2) is 60.7 Å². The highest BCUT2D eigenvalue weighted by molar-refractivity contribution is 7.79. The molecule has 0 bridgehead atoms. The monoisotopic (exact) mass is 524 g/mol. The largest absolute Gasteiger partial charge is 0.497 e. The van der Waals surface area contributed by atoms with Gasteiger partial charge in [-0.15, -0.1) is 0 Å². The Morgan fingerprint density at radius 1 is 1.14 bits per heavy atom. The van der Waals surface area contributed by atoms with Crippen molar-refractivity contribution in [3.05, 3.63) is 71.8 Å². The van der Waals surface area contributed by atoms with Crippen LogP contribution in [0, 0.1) is 24.2 Å². The van der Waals surface area contributed by atoms with Crippen molar-refractivity contribution in [2.45, 2.75) is 58.8 Å². The third-order valence-corrected chi connectivity index (χ3v) is 7.79. The summed E-state index contributed by atoms with van der Waals surface area (Å²) >= 11 is 5.40. The summed E-state index contributed by atoms with van der Waals surface area (Å²) in [5, 5.41) is 0.0424.